The predicted octanol–water partition coefficient (Wildman–Crippen LogP) is 5.12. The molecule has 0 aliphatic carbocycles. The second kappa shape index (κ2) is 7.06. The molecule has 0 saturated heterocycles. The molecule has 0 atom stereocenters. The van der Waals surface area contributed by atoms with Gasteiger partial charge in [-0.25, -0.2) is 4.98 Å². The fourth-order valence-electron chi connectivity index (χ4n) is 2.24. The largest absolute Gasteiger partial charge is 0.274 e. The van der Waals surface area contributed by atoms with Gasteiger partial charge in [0.25, 0.3) is 0 Å². The van der Waals surface area contributed by atoms with Gasteiger partial charge in [0.15, 0.2) is 5.13 Å². The molecule has 3 nitrogen and oxygen atoms in total. The Morgan fingerprint density at radius 1 is 1.13 bits per heavy atom. The summed E-state index contributed by atoms with van der Waals surface area (Å²) in [5, 5.41) is 2.66. The van der Waals surface area contributed by atoms with E-state index in [0.717, 1.165) is 21.4 Å². The normalized spacial score (nSPS) is 10.5. The molecule has 0 spiro atoms. The molecule has 0 bridgehead atoms. The van der Waals surface area contributed by atoms with Crippen LogP contribution in [-0.4, -0.2) is 10.9 Å². The molecule has 5 heteroatoms. The second-order valence-corrected chi connectivity index (χ2v) is 6.89. The van der Waals surface area contributed by atoms with Crippen LogP contribution in [0.3, 0.4) is 0 Å². The quantitative estimate of drug-likeness (QED) is 0.623. The van der Waals surface area contributed by atoms with Crippen LogP contribution in [0.4, 0.5) is 10.8 Å². The van der Waals surface area contributed by atoms with Crippen molar-refractivity contribution in [3.05, 3.63) is 75.7 Å². The van der Waals surface area contributed by atoms with Gasteiger partial charge in [-0.2, -0.15) is 0 Å². The lowest BCUT2D eigenvalue weighted by atomic mass is 10.1. The van der Waals surface area contributed by atoms with Crippen LogP contribution in [-0.2, 0) is 11.2 Å². The molecule has 0 unspecified atom stereocenters. The van der Waals surface area contributed by atoms with Crippen molar-refractivity contribution in [1.29, 1.82) is 0 Å². The number of carbonyl (C=O) groups excluding carboxylic acids is 1. The standard InChI is InChI=1S/C18H15BrN2OS/c1-13-12-23-18(20-13)21(16-5-3-2-4-6-16)17(22)11-14-7-9-15(19)10-8-14/h2-10,12H,11H2,1H3. The highest BCUT2D eigenvalue weighted by Gasteiger charge is 2.20. The Bertz CT molecular complexity index is 799. The maximum atomic E-state index is 12.9. The number of aryl methyl sites for hydroxylation is 1. The minimum absolute atomic E-state index is 0.00729. The van der Waals surface area contributed by atoms with Gasteiger partial charge in [0.1, 0.15) is 0 Å². The Labute approximate surface area is 147 Å². The fourth-order valence-corrected chi connectivity index (χ4v) is 3.34. The summed E-state index contributed by atoms with van der Waals surface area (Å²) in [6.45, 7) is 1.93. The third kappa shape index (κ3) is 3.86. The summed E-state index contributed by atoms with van der Waals surface area (Å²) in [5.74, 6) is 0.00729. The van der Waals surface area contributed by atoms with Crippen LogP contribution in [0, 0.1) is 6.92 Å². The lowest BCUT2D eigenvalue weighted by Crippen LogP contribution is -2.27. The zero-order valence-corrected chi connectivity index (χ0v) is 15.0. The maximum absolute atomic E-state index is 12.9. The van der Waals surface area contributed by atoms with Crippen molar-refractivity contribution in [2.45, 2.75) is 13.3 Å². The number of thiazole rings is 1. The zero-order valence-electron chi connectivity index (χ0n) is 12.6. The van der Waals surface area contributed by atoms with E-state index in [2.05, 4.69) is 20.9 Å². The summed E-state index contributed by atoms with van der Waals surface area (Å²) in [5.41, 5.74) is 2.73. The SMILES string of the molecule is Cc1csc(N(C(=O)Cc2ccc(Br)cc2)c2ccccc2)n1. The number of aromatic nitrogens is 1. The fraction of sp³-hybridized carbons (Fsp3) is 0.111. The summed E-state index contributed by atoms with van der Waals surface area (Å²) in [4.78, 5) is 19.1. The summed E-state index contributed by atoms with van der Waals surface area (Å²) >= 11 is 4.89. The molecule has 0 fully saturated rings. The van der Waals surface area contributed by atoms with E-state index in [-0.39, 0.29) is 5.91 Å². The number of hydrogen-bond donors (Lipinski definition) is 0. The van der Waals surface area contributed by atoms with E-state index in [0.29, 0.717) is 11.6 Å². The molecule has 3 rings (SSSR count). The molecule has 0 N–H and O–H groups in total. The molecule has 0 saturated carbocycles. The number of para-hydroxylation sites is 1. The van der Waals surface area contributed by atoms with Gasteiger partial charge in [-0.15, -0.1) is 11.3 Å². The van der Waals surface area contributed by atoms with E-state index in [9.17, 15) is 4.79 Å². The molecule has 3 aromatic rings. The van der Waals surface area contributed by atoms with Gasteiger partial charge in [0, 0.05) is 9.85 Å². The smallest absolute Gasteiger partial charge is 0.237 e. The minimum Gasteiger partial charge on any atom is -0.274 e. The average Bonchev–Trinajstić information content (AvgIpc) is 2.97. The van der Waals surface area contributed by atoms with Gasteiger partial charge in [-0.3, -0.25) is 9.69 Å². The predicted molar refractivity (Wildman–Crippen MR) is 98.3 cm³/mol. The average molecular weight is 387 g/mol. The Morgan fingerprint density at radius 3 is 2.43 bits per heavy atom. The monoisotopic (exact) mass is 386 g/mol. The number of halogens is 1. The Balaban J connectivity index is 1.91. The third-order valence-electron chi connectivity index (χ3n) is 3.33. The number of rotatable bonds is 4. The molecular formula is C18H15BrN2OS. The van der Waals surface area contributed by atoms with Gasteiger partial charge in [-0.1, -0.05) is 46.3 Å². The van der Waals surface area contributed by atoms with Crippen LogP contribution >= 0.6 is 27.3 Å². The van der Waals surface area contributed by atoms with Crippen molar-refractivity contribution in [2.75, 3.05) is 4.90 Å². The minimum atomic E-state index is 0.00729. The van der Waals surface area contributed by atoms with Gasteiger partial charge < -0.3 is 0 Å². The molecule has 1 heterocycles. The molecule has 1 aromatic heterocycles. The van der Waals surface area contributed by atoms with Gasteiger partial charge in [-0.05, 0) is 36.8 Å². The number of amides is 1. The summed E-state index contributed by atoms with van der Waals surface area (Å²) in [7, 11) is 0. The van der Waals surface area contributed by atoms with Crippen molar-refractivity contribution in [1.82, 2.24) is 4.98 Å². The first-order valence-corrected chi connectivity index (χ1v) is 8.85. The number of carbonyl (C=O) groups is 1. The molecule has 0 aliphatic rings. The van der Waals surface area contributed by atoms with Crippen molar-refractivity contribution < 1.29 is 4.79 Å². The van der Waals surface area contributed by atoms with Crippen molar-refractivity contribution in [3.8, 4) is 0 Å². The van der Waals surface area contributed by atoms with Crippen LogP contribution in [0.5, 0.6) is 0 Å². The van der Waals surface area contributed by atoms with Crippen LogP contribution < -0.4 is 4.90 Å². The molecule has 0 aliphatic heterocycles. The zero-order chi connectivity index (χ0) is 16.2. The van der Waals surface area contributed by atoms with Crippen molar-refractivity contribution in [3.63, 3.8) is 0 Å². The van der Waals surface area contributed by atoms with Crippen molar-refractivity contribution >= 4 is 44.0 Å². The topological polar surface area (TPSA) is 33.2 Å². The Kier molecular flexibility index (Phi) is 4.88. The number of nitrogens with zero attached hydrogens (tertiary/aromatic N) is 2. The first-order chi connectivity index (χ1) is 11.1. The van der Waals surface area contributed by atoms with E-state index >= 15 is 0 Å². The summed E-state index contributed by atoms with van der Waals surface area (Å²) < 4.78 is 1.00. The van der Waals surface area contributed by atoms with E-state index < -0.39 is 0 Å². The molecule has 1 amide bonds. The third-order valence-corrected chi connectivity index (χ3v) is 4.80. The molecular weight excluding hydrogens is 372 g/mol. The number of anilines is 2. The van der Waals surface area contributed by atoms with Crippen LogP contribution in [0.15, 0.2) is 64.5 Å². The second-order valence-electron chi connectivity index (χ2n) is 5.14. The van der Waals surface area contributed by atoms with Gasteiger partial charge in [0.05, 0.1) is 17.8 Å². The lowest BCUT2D eigenvalue weighted by Gasteiger charge is -2.20. The van der Waals surface area contributed by atoms with E-state index in [4.69, 9.17) is 0 Å². The number of hydrogen-bond acceptors (Lipinski definition) is 3. The molecule has 116 valence electrons. The molecule has 23 heavy (non-hydrogen) atoms. The molecule has 0 radical (unpaired) electrons. The van der Waals surface area contributed by atoms with E-state index in [1.807, 2.05) is 66.9 Å². The highest BCUT2D eigenvalue weighted by Crippen LogP contribution is 2.29. The van der Waals surface area contributed by atoms with Crippen LogP contribution in [0.1, 0.15) is 11.3 Å². The van der Waals surface area contributed by atoms with Gasteiger partial charge >= 0.3 is 0 Å². The van der Waals surface area contributed by atoms with Gasteiger partial charge in [0.2, 0.25) is 5.91 Å². The van der Waals surface area contributed by atoms with Crippen LogP contribution in [0.2, 0.25) is 0 Å². The van der Waals surface area contributed by atoms with Crippen molar-refractivity contribution in [2.24, 2.45) is 0 Å². The highest BCUT2D eigenvalue weighted by molar-refractivity contribution is 9.10. The van der Waals surface area contributed by atoms with E-state index in [1.165, 1.54) is 11.3 Å². The van der Waals surface area contributed by atoms with E-state index in [1.54, 1.807) is 4.90 Å². The maximum Gasteiger partial charge on any atom is 0.237 e. The highest BCUT2D eigenvalue weighted by atomic mass is 79.9. The Morgan fingerprint density at radius 2 is 1.83 bits per heavy atom. The Hall–Kier alpha value is -1.98. The first-order valence-electron chi connectivity index (χ1n) is 7.18. The number of benzene rings is 2. The summed E-state index contributed by atoms with van der Waals surface area (Å²) in [6.07, 6.45) is 0.334. The van der Waals surface area contributed by atoms with Crippen LogP contribution in [0.25, 0.3) is 0 Å². The summed E-state index contributed by atoms with van der Waals surface area (Å²) in [6, 6.07) is 17.5. The first kappa shape index (κ1) is 15.9. The lowest BCUT2D eigenvalue weighted by molar-refractivity contribution is -0.117. The molecule has 2 aromatic carbocycles.